The van der Waals surface area contributed by atoms with Crippen molar-refractivity contribution < 1.29 is 4.52 Å². The summed E-state index contributed by atoms with van der Waals surface area (Å²) in [5.74, 6) is 2.15. The molecule has 0 unspecified atom stereocenters. The second-order valence-corrected chi connectivity index (χ2v) is 3.79. The van der Waals surface area contributed by atoms with E-state index in [-0.39, 0.29) is 0 Å². The van der Waals surface area contributed by atoms with E-state index in [1.165, 1.54) is 6.42 Å². The van der Waals surface area contributed by atoms with Gasteiger partial charge < -0.3 is 10.3 Å². The summed E-state index contributed by atoms with van der Waals surface area (Å²) in [6, 6.07) is 1.68. The Bertz CT molecular complexity index is 470. The average Bonchev–Trinajstić information content (AvgIpc) is 2.70. The lowest BCUT2D eigenvalue weighted by molar-refractivity contribution is 0.366. The molecule has 6 heteroatoms. The highest BCUT2D eigenvalue weighted by atomic mass is 16.5. The van der Waals surface area contributed by atoms with E-state index >= 15 is 0 Å². The summed E-state index contributed by atoms with van der Waals surface area (Å²) in [4.78, 5) is 4.31. The molecule has 0 aliphatic heterocycles. The van der Waals surface area contributed by atoms with E-state index in [0.717, 1.165) is 18.7 Å². The maximum absolute atomic E-state index is 5.49. The van der Waals surface area contributed by atoms with Crippen LogP contribution in [0.5, 0.6) is 0 Å². The van der Waals surface area contributed by atoms with Crippen molar-refractivity contribution in [2.75, 3.05) is 5.73 Å². The van der Waals surface area contributed by atoms with Crippen molar-refractivity contribution >= 4 is 5.82 Å². The molecule has 15 heavy (non-hydrogen) atoms. The number of nitrogens with two attached hydrogens (primary N) is 1. The van der Waals surface area contributed by atoms with Crippen molar-refractivity contribution in [3.63, 3.8) is 0 Å². The van der Waals surface area contributed by atoms with Crippen molar-refractivity contribution in [1.82, 2.24) is 20.3 Å². The molecule has 0 radical (unpaired) electrons. The fourth-order valence-electron chi connectivity index (χ4n) is 1.62. The van der Waals surface area contributed by atoms with Gasteiger partial charge in [-0.1, -0.05) is 11.6 Å². The molecule has 0 spiro atoms. The number of nitrogens with one attached hydrogen (secondary N) is 1. The van der Waals surface area contributed by atoms with E-state index in [2.05, 4.69) is 20.3 Å². The van der Waals surface area contributed by atoms with Crippen molar-refractivity contribution in [3.8, 4) is 11.6 Å². The standard InChI is InChI=1S/C9H11N5O/c10-7-4-6(12-13-7)9-11-8(14-15-9)5-2-1-3-5/h4-5H,1-3H2,(H3,10,12,13). The van der Waals surface area contributed by atoms with Crippen molar-refractivity contribution in [3.05, 3.63) is 11.9 Å². The van der Waals surface area contributed by atoms with Crippen molar-refractivity contribution in [2.24, 2.45) is 0 Å². The van der Waals surface area contributed by atoms with E-state index in [0.29, 0.717) is 23.3 Å². The molecule has 3 rings (SSSR count). The molecule has 0 aromatic carbocycles. The number of anilines is 1. The summed E-state index contributed by atoms with van der Waals surface area (Å²) < 4.78 is 5.13. The van der Waals surface area contributed by atoms with Gasteiger partial charge in [-0.05, 0) is 12.8 Å². The summed E-state index contributed by atoms with van der Waals surface area (Å²) in [6.45, 7) is 0. The van der Waals surface area contributed by atoms with Crippen LogP contribution in [0.4, 0.5) is 5.82 Å². The number of hydrogen-bond donors (Lipinski definition) is 2. The van der Waals surface area contributed by atoms with Gasteiger partial charge in [-0.25, -0.2) is 0 Å². The summed E-state index contributed by atoms with van der Waals surface area (Å²) >= 11 is 0. The van der Waals surface area contributed by atoms with Gasteiger partial charge in [-0.2, -0.15) is 10.1 Å². The largest absolute Gasteiger partial charge is 0.382 e. The first kappa shape index (κ1) is 8.46. The van der Waals surface area contributed by atoms with Gasteiger partial charge in [0.25, 0.3) is 5.89 Å². The minimum Gasteiger partial charge on any atom is -0.382 e. The second-order valence-electron chi connectivity index (χ2n) is 3.79. The number of nitrogens with zero attached hydrogens (tertiary/aromatic N) is 3. The number of aromatic nitrogens is 4. The Morgan fingerprint density at radius 1 is 1.47 bits per heavy atom. The van der Waals surface area contributed by atoms with Gasteiger partial charge in [0, 0.05) is 12.0 Å². The highest BCUT2D eigenvalue weighted by Crippen LogP contribution is 2.35. The molecule has 2 heterocycles. The van der Waals surface area contributed by atoms with Gasteiger partial charge in [-0.3, -0.25) is 5.10 Å². The highest BCUT2D eigenvalue weighted by Gasteiger charge is 2.25. The number of aromatic amines is 1. The zero-order valence-corrected chi connectivity index (χ0v) is 8.10. The third-order valence-corrected chi connectivity index (χ3v) is 2.74. The van der Waals surface area contributed by atoms with Gasteiger partial charge in [-0.15, -0.1) is 0 Å². The van der Waals surface area contributed by atoms with Crippen LogP contribution in [0.1, 0.15) is 31.0 Å². The Morgan fingerprint density at radius 3 is 2.93 bits per heavy atom. The number of nitrogen functional groups attached to an aromatic ring is 1. The summed E-state index contributed by atoms with van der Waals surface area (Å²) in [7, 11) is 0. The topological polar surface area (TPSA) is 93.6 Å². The maximum Gasteiger partial charge on any atom is 0.276 e. The predicted octanol–water partition coefficient (Wildman–Crippen LogP) is 1.31. The first-order chi connectivity index (χ1) is 7.33. The lowest BCUT2D eigenvalue weighted by Crippen LogP contribution is -2.10. The molecular formula is C9H11N5O. The molecule has 2 aromatic rings. The van der Waals surface area contributed by atoms with Crippen LogP contribution in [-0.2, 0) is 0 Å². The molecule has 1 aliphatic carbocycles. The third kappa shape index (κ3) is 1.38. The predicted molar refractivity (Wildman–Crippen MR) is 52.9 cm³/mol. The minimum absolute atomic E-state index is 0.424. The SMILES string of the molecule is Nc1cc(-c2nc(C3CCC3)no2)[nH]n1. The quantitative estimate of drug-likeness (QED) is 0.770. The van der Waals surface area contributed by atoms with Gasteiger partial charge in [0.1, 0.15) is 11.5 Å². The van der Waals surface area contributed by atoms with E-state index in [1.807, 2.05) is 0 Å². The summed E-state index contributed by atoms with van der Waals surface area (Å²) in [5.41, 5.74) is 6.16. The number of hydrogen-bond acceptors (Lipinski definition) is 5. The zero-order chi connectivity index (χ0) is 10.3. The number of rotatable bonds is 2. The number of H-pyrrole nitrogens is 1. The molecule has 0 atom stereocenters. The first-order valence-electron chi connectivity index (χ1n) is 4.98. The van der Waals surface area contributed by atoms with Gasteiger partial charge in [0.15, 0.2) is 5.82 Å². The minimum atomic E-state index is 0.424. The normalized spacial score (nSPS) is 16.5. The van der Waals surface area contributed by atoms with Crippen LogP contribution < -0.4 is 5.73 Å². The van der Waals surface area contributed by atoms with Gasteiger partial charge >= 0.3 is 0 Å². The molecule has 78 valence electrons. The van der Waals surface area contributed by atoms with Crippen molar-refractivity contribution in [2.45, 2.75) is 25.2 Å². The molecule has 6 nitrogen and oxygen atoms in total. The van der Waals surface area contributed by atoms with Crippen LogP contribution in [0.2, 0.25) is 0 Å². The van der Waals surface area contributed by atoms with Crippen molar-refractivity contribution in [1.29, 1.82) is 0 Å². The molecule has 1 saturated carbocycles. The van der Waals surface area contributed by atoms with Crippen LogP contribution in [0.15, 0.2) is 10.6 Å². The van der Waals surface area contributed by atoms with Crippen LogP contribution >= 0.6 is 0 Å². The lowest BCUT2D eigenvalue weighted by atomic mass is 9.85. The van der Waals surface area contributed by atoms with Crippen LogP contribution in [0, 0.1) is 0 Å². The summed E-state index contributed by atoms with van der Waals surface area (Å²) in [6.07, 6.45) is 3.57. The molecule has 3 N–H and O–H groups in total. The molecule has 1 fully saturated rings. The maximum atomic E-state index is 5.49. The third-order valence-electron chi connectivity index (χ3n) is 2.74. The lowest BCUT2D eigenvalue weighted by Gasteiger charge is -2.20. The van der Waals surface area contributed by atoms with E-state index in [9.17, 15) is 0 Å². The van der Waals surface area contributed by atoms with Crippen LogP contribution in [0.3, 0.4) is 0 Å². The average molecular weight is 205 g/mol. The molecular weight excluding hydrogens is 194 g/mol. The van der Waals surface area contributed by atoms with Gasteiger partial charge in [0.2, 0.25) is 0 Å². The Kier molecular flexibility index (Phi) is 1.74. The Morgan fingerprint density at radius 2 is 2.33 bits per heavy atom. The molecule has 1 aliphatic rings. The molecule has 0 bridgehead atoms. The van der Waals surface area contributed by atoms with Gasteiger partial charge in [0.05, 0.1) is 0 Å². The van der Waals surface area contributed by atoms with Crippen LogP contribution in [-0.4, -0.2) is 20.3 Å². The smallest absolute Gasteiger partial charge is 0.276 e. The van der Waals surface area contributed by atoms with E-state index in [1.54, 1.807) is 6.07 Å². The Balaban J connectivity index is 1.89. The second kappa shape index (κ2) is 3.08. The Hall–Kier alpha value is -1.85. The molecule has 0 amide bonds. The zero-order valence-electron chi connectivity index (χ0n) is 8.10. The fraction of sp³-hybridized carbons (Fsp3) is 0.444. The molecule has 2 aromatic heterocycles. The van der Waals surface area contributed by atoms with Crippen LogP contribution in [0.25, 0.3) is 11.6 Å². The first-order valence-corrected chi connectivity index (χ1v) is 4.98. The highest BCUT2D eigenvalue weighted by molar-refractivity contribution is 5.51. The van der Waals surface area contributed by atoms with E-state index < -0.39 is 0 Å². The summed E-state index contributed by atoms with van der Waals surface area (Å²) in [5, 5.41) is 10.5. The monoisotopic (exact) mass is 205 g/mol. The molecule has 0 saturated heterocycles. The Labute approximate surface area is 85.9 Å². The van der Waals surface area contributed by atoms with E-state index in [4.69, 9.17) is 10.3 Å². The fourth-order valence-corrected chi connectivity index (χ4v) is 1.62.